The number of fused-ring (bicyclic) bond motifs is 1. The van der Waals surface area contributed by atoms with Crippen molar-refractivity contribution in [2.24, 2.45) is 0 Å². The van der Waals surface area contributed by atoms with Crippen LogP contribution >= 0.6 is 0 Å². The second kappa shape index (κ2) is 6.09. The van der Waals surface area contributed by atoms with Gasteiger partial charge in [-0.2, -0.15) is 0 Å². The summed E-state index contributed by atoms with van der Waals surface area (Å²) in [6, 6.07) is 12.9. The molecule has 0 bridgehead atoms. The monoisotopic (exact) mass is 296 g/mol. The van der Waals surface area contributed by atoms with E-state index in [2.05, 4.69) is 43.3 Å². The smallest absolute Gasteiger partial charge is 0.254 e. The first kappa shape index (κ1) is 15.0. The minimum absolute atomic E-state index is 0.187. The number of hydrogen-bond acceptors (Lipinski definition) is 2. The highest BCUT2D eigenvalue weighted by molar-refractivity contribution is 6.08. The van der Waals surface area contributed by atoms with Crippen LogP contribution < -0.4 is 0 Å². The quantitative estimate of drug-likeness (QED) is 0.849. The maximum Gasteiger partial charge on any atom is 0.254 e. The fourth-order valence-corrected chi connectivity index (χ4v) is 3.41. The van der Waals surface area contributed by atoms with Gasteiger partial charge in [0.2, 0.25) is 0 Å². The summed E-state index contributed by atoms with van der Waals surface area (Å²) in [5, 5.41) is 2.21. The largest absolute Gasteiger partial charge is 0.339 e. The van der Waals surface area contributed by atoms with Crippen LogP contribution in [0.15, 0.2) is 36.4 Å². The molecule has 22 heavy (non-hydrogen) atoms. The molecule has 2 aromatic rings. The van der Waals surface area contributed by atoms with E-state index in [-0.39, 0.29) is 5.91 Å². The van der Waals surface area contributed by atoms with Crippen molar-refractivity contribution < 1.29 is 4.79 Å². The first-order valence-corrected chi connectivity index (χ1v) is 8.02. The summed E-state index contributed by atoms with van der Waals surface area (Å²) in [5.41, 5.74) is 1.94. The lowest BCUT2D eigenvalue weighted by Gasteiger charge is -2.35. The van der Waals surface area contributed by atoms with Crippen LogP contribution in [0.2, 0.25) is 0 Å². The van der Waals surface area contributed by atoms with Crippen molar-refractivity contribution in [2.45, 2.75) is 25.8 Å². The Bertz CT molecular complexity index is 685. The van der Waals surface area contributed by atoms with Crippen molar-refractivity contribution in [1.29, 1.82) is 0 Å². The van der Waals surface area contributed by atoms with Gasteiger partial charge in [0.05, 0.1) is 5.56 Å². The topological polar surface area (TPSA) is 23.6 Å². The van der Waals surface area contributed by atoms with Gasteiger partial charge in [0, 0.05) is 19.1 Å². The SMILES string of the molecule is Cc1ccc2ccccc2c1C(=O)N1CCC(N(C)C)CC1. The number of benzene rings is 2. The highest BCUT2D eigenvalue weighted by Crippen LogP contribution is 2.25. The number of piperidine rings is 1. The van der Waals surface area contributed by atoms with Crippen molar-refractivity contribution in [1.82, 2.24) is 9.80 Å². The maximum absolute atomic E-state index is 13.0. The number of amides is 1. The van der Waals surface area contributed by atoms with Gasteiger partial charge in [-0.25, -0.2) is 0 Å². The Hall–Kier alpha value is -1.87. The molecule has 3 nitrogen and oxygen atoms in total. The van der Waals surface area contributed by atoms with Crippen molar-refractivity contribution in [2.75, 3.05) is 27.2 Å². The highest BCUT2D eigenvalue weighted by Gasteiger charge is 2.26. The van der Waals surface area contributed by atoms with Gasteiger partial charge in [0.1, 0.15) is 0 Å². The first-order chi connectivity index (χ1) is 10.6. The average molecular weight is 296 g/mol. The number of likely N-dealkylation sites (tertiary alicyclic amines) is 1. The maximum atomic E-state index is 13.0. The zero-order chi connectivity index (χ0) is 15.7. The first-order valence-electron chi connectivity index (χ1n) is 8.02. The Balaban J connectivity index is 1.89. The number of nitrogens with zero attached hydrogens (tertiary/aromatic N) is 2. The van der Waals surface area contributed by atoms with Crippen LogP contribution in [0.4, 0.5) is 0 Å². The molecule has 1 aliphatic heterocycles. The zero-order valence-corrected chi connectivity index (χ0v) is 13.7. The molecule has 1 aliphatic rings. The Morgan fingerprint density at radius 1 is 1.09 bits per heavy atom. The van der Waals surface area contributed by atoms with E-state index < -0.39 is 0 Å². The molecule has 0 aromatic heterocycles. The van der Waals surface area contributed by atoms with Gasteiger partial charge < -0.3 is 9.80 Å². The van der Waals surface area contributed by atoms with E-state index in [4.69, 9.17) is 0 Å². The second-order valence-corrected chi connectivity index (χ2v) is 6.47. The van der Waals surface area contributed by atoms with E-state index >= 15 is 0 Å². The molecule has 3 rings (SSSR count). The third kappa shape index (κ3) is 2.73. The molecule has 0 saturated carbocycles. The molecule has 1 amide bonds. The number of carbonyl (C=O) groups is 1. The van der Waals surface area contributed by atoms with Gasteiger partial charge in [-0.05, 0) is 50.2 Å². The Labute approximate surface area is 132 Å². The van der Waals surface area contributed by atoms with E-state index in [9.17, 15) is 4.79 Å². The molecule has 0 N–H and O–H groups in total. The number of aryl methyl sites for hydroxylation is 1. The Morgan fingerprint density at radius 3 is 2.45 bits per heavy atom. The molecule has 1 saturated heterocycles. The molecule has 0 spiro atoms. The van der Waals surface area contributed by atoms with Gasteiger partial charge in [-0.15, -0.1) is 0 Å². The van der Waals surface area contributed by atoms with Crippen LogP contribution in [0.1, 0.15) is 28.8 Å². The number of rotatable bonds is 2. The third-order valence-electron chi connectivity index (χ3n) is 4.83. The molecule has 1 heterocycles. The standard InChI is InChI=1S/C19H24N2O/c1-14-8-9-15-6-4-5-7-17(15)18(14)19(22)21-12-10-16(11-13-21)20(2)3/h4-9,16H,10-13H2,1-3H3. The van der Waals surface area contributed by atoms with Crippen LogP contribution in [0.25, 0.3) is 10.8 Å². The summed E-state index contributed by atoms with van der Waals surface area (Å²) < 4.78 is 0. The minimum Gasteiger partial charge on any atom is -0.339 e. The van der Waals surface area contributed by atoms with Crippen LogP contribution in [0.3, 0.4) is 0 Å². The molecule has 116 valence electrons. The van der Waals surface area contributed by atoms with Gasteiger partial charge in [0.15, 0.2) is 0 Å². The van der Waals surface area contributed by atoms with Gasteiger partial charge in [-0.1, -0.05) is 36.4 Å². The Kier molecular flexibility index (Phi) is 4.16. The van der Waals surface area contributed by atoms with E-state index in [0.717, 1.165) is 47.8 Å². The lowest BCUT2D eigenvalue weighted by atomic mass is 9.97. The summed E-state index contributed by atoms with van der Waals surface area (Å²) >= 11 is 0. The van der Waals surface area contributed by atoms with E-state index in [1.807, 2.05) is 24.0 Å². The number of carbonyl (C=O) groups excluding carboxylic acids is 1. The van der Waals surface area contributed by atoms with Crippen LogP contribution in [0.5, 0.6) is 0 Å². The van der Waals surface area contributed by atoms with Crippen molar-refractivity contribution in [3.05, 3.63) is 47.5 Å². The number of hydrogen-bond donors (Lipinski definition) is 0. The summed E-state index contributed by atoms with van der Waals surface area (Å²) in [6.07, 6.45) is 2.12. The zero-order valence-electron chi connectivity index (χ0n) is 13.7. The summed E-state index contributed by atoms with van der Waals surface area (Å²) in [7, 11) is 4.24. The molecule has 0 unspecified atom stereocenters. The van der Waals surface area contributed by atoms with Crippen LogP contribution in [-0.2, 0) is 0 Å². The summed E-state index contributed by atoms with van der Waals surface area (Å²) in [4.78, 5) is 17.3. The summed E-state index contributed by atoms with van der Waals surface area (Å²) in [6.45, 7) is 3.74. The lowest BCUT2D eigenvalue weighted by molar-refractivity contribution is 0.0664. The van der Waals surface area contributed by atoms with E-state index in [1.165, 1.54) is 0 Å². The molecule has 0 radical (unpaired) electrons. The molecule has 3 heteroatoms. The minimum atomic E-state index is 0.187. The molecule has 2 aromatic carbocycles. The van der Waals surface area contributed by atoms with E-state index in [0.29, 0.717) is 6.04 Å². The van der Waals surface area contributed by atoms with Crippen LogP contribution in [0, 0.1) is 6.92 Å². The van der Waals surface area contributed by atoms with Gasteiger partial charge >= 0.3 is 0 Å². The fourth-order valence-electron chi connectivity index (χ4n) is 3.41. The van der Waals surface area contributed by atoms with Gasteiger partial charge in [0.25, 0.3) is 5.91 Å². The summed E-state index contributed by atoms with van der Waals surface area (Å²) in [5.74, 6) is 0.187. The van der Waals surface area contributed by atoms with Crippen molar-refractivity contribution >= 4 is 16.7 Å². The Morgan fingerprint density at radius 2 is 1.77 bits per heavy atom. The normalized spacial score (nSPS) is 16.5. The highest BCUT2D eigenvalue weighted by atomic mass is 16.2. The molecule has 1 fully saturated rings. The van der Waals surface area contributed by atoms with Crippen LogP contribution in [-0.4, -0.2) is 48.9 Å². The predicted molar refractivity (Wildman–Crippen MR) is 91.3 cm³/mol. The second-order valence-electron chi connectivity index (χ2n) is 6.47. The average Bonchev–Trinajstić information content (AvgIpc) is 2.54. The predicted octanol–water partition coefficient (Wildman–Crippen LogP) is 3.31. The van der Waals surface area contributed by atoms with Crippen molar-refractivity contribution in [3.8, 4) is 0 Å². The molecular formula is C19H24N2O. The fraction of sp³-hybridized carbons (Fsp3) is 0.421. The lowest BCUT2D eigenvalue weighted by Crippen LogP contribution is -2.44. The molecular weight excluding hydrogens is 272 g/mol. The van der Waals surface area contributed by atoms with Gasteiger partial charge in [-0.3, -0.25) is 4.79 Å². The third-order valence-corrected chi connectivity index (χ3v) is 4.83. The van der Waals surface area contributed by atoms with E-state index in [1.54, 1.807) is 0 Å². The molecule has 0 aliphatic carbocycles. The molecule has 0 atom stereocenters. The van der Waals surface area contributed by atoms with Crippen molar-refractivity contribution in [3.63, 3.8) is 0 Å².